The first-order valence-electron chi connectivity index (χ1n) is 9.31. The minimum atomic E-state index is -0.579. The zero-order valence-corrected chi connectivity index (χ0v) is 17.0. The molecule has 9 nitrogen and oxygen atoms in total. The number of nitrogen functional groups attached to an aromatic ring is 1. The Balaban J connectivity index is 1.42. The van der Waals surface area contributed by atoms with Crippen molar-refractivity contribution in [1.82, 2.24) is 19.9 Å². The number of anilines is 3. The summed E-state index contributed by atoms with van der Waals surface area (Å²) in [5.74, 6) is 0.602. The van der Waals surface area contributed by atoms with Crippen LogP contribution in [0.5, 0.6) is 0 Å². The van der Waals surface area contributed by atoms with Crippen LogP contribution in [-0.2, 0) is 20.9 Å². The number of benzene rings is 1. The van der Waals surface area contributed by atoms with Crippen molar-refractivity contribution in [2.24, 2.45) is 0 Å². The summed E-state index contributed by atoms with van der Waals surface area (Å²) < 4.78 is 5.41. The molecular weight excluding hydrogens is 392 g/mol. The summed E-state index contributed by atoms with van der Waals surface area (Å²) in [4.78, 5) is 38.5. The number of nitrogens with zero attached hydrogens (tertiary/aromatic N) is 4. The molecule has 2 fully saturated rings. The first-order chi connectivity index (χ1) is 13.8. The topological polar surface area (TPSA) is 123 Å². The van der Waals surface area contributed by atoms with Crippen molar-refractivity contribution in [3.8, 4) is 0 Å². The number of aryl methyl sites for hydroxylation is 1. The van der Waals surface area contributed by atoms with Gasteiger partial charge in [0, 0.05) is 17.9 Å². The second kappa shape index (κ2) is 7.51. The number of nitrogens with two attached hydrogens (primary N) is 1. The molecule has 10 heteroatoms. The van der Waals surface area contributed by atoms with Crippen LogP contribution in [0.4, 0.5) is 17.6 Å². The molecule has 3 N–H and O–H groups in total. The number of thioether (sulfide) groups is 1. The molecular formula is C19H22N6O3S. The van der Waals surface area contributed by atoms with Gasteiger partial charge in [-0.05, 0) is 32.4 Å². The van der Waals surface area contributed by atoms with Crippen LogP contribution in [0.3, 0.4) is 0 Å². The van der Waals surface area contributed by atoms with Crippen molar-refractivity contribution < 1.29 is 14.3 Å². The molecule has 0 bridgehead atoms. The maximum Gasteiger partial charge on any atom is 0.330 e. The lowest BCUT2D eigenvalue weighted by Crippen LogP contribution is -2.46. The average Bonchev–Trinajstić information content (AvgIpc) is 3.17. The maximum atomic E-state index is 12.6. The molecule has 2 aliphatic rings. The Morgan fingerprint density at radius 1 is 1.34 bits per heavy atom. The largest absolute Gasteiger partial charge is 0.456 e. The average molecular weight is 414 g/mol. The number of amides is 1. The van der Waals surface area contributed by atoms with Crippen LogP contribution >= 0.6 is 11.8 Å². The van der Waals surface area contributed by atoms with Crippen LogP contribution in [0.1, 0.15) is 31.2 Å². The number of esters is 1. The Labute approximate surface area is 172 Å². The summed E-state index contributed by atoms with van der Waals surface area (Å²) in [5, 5.41) is 3.06. The van der Waals surface area contributed by atoms with Gasteiger partial charge in [-0.25, -0.2) is 4.79 Å². The van der Waals surface area contributed by atoms with Crippen LogP contribution in [0.2, 0.25) is 0 Å². The lowest BCUT2D eigenvalue weighted by Gasteiger charge is -2.29. The van der Waals surface area contributed by atoms with Gasteiger partial charge in [-0.3, -0.25) is 4.79 Å². The highest BCUT2D eigenvalue weighted by molar-refractivity contribution is 8.01. The van der Waals surface area contributed by atoms with E-state index in [1.54, 1.807) is 16.7 Å². The summed E-state index contributed by atoms with van der Waals surface area (Å²) in [6.45, 7) is 3.85. The number of nitrogens with one attached hydrogen (secondary N) is 1. The van der Waals surface area contributed by atoms with Crippen molar-refractivity contribution in [1.29, 1.82) is 0 Å². The van der Waals surface area contributed by atoms with Crippen molar-refractivity contribution in [2.45, 2.75) is 44.2 Å². The van der Waals surface area contributed by atoms with E-state index in [1.165, 1.54) is 0 Å². The fourth-order valence-electron chi connectivity index (χ4n) is 3.55. The Bertz CT molecular complexity index is 953. The molecule has 0 unspecified atom stereocenters. The van der Waals surface area contributed by atoms with E-state index in [2.05, 4.69) is 20.3 Å². The van der Waals surface area contributed by atoms with E-state index in [-0.39, 0.29) is 35.1 Å². The summed E-state index contributed by atoms with van der Waals surface area (Å²) in [6, 6.07) is 7.14. The lowest BCUT2D eigenvalue weighted by atomic mass is 10.2. The van der Waals surface area contributed by atoms with Crippen molar-refractivity contribution in [2.75, 3.05) is 16.8 Å². The monoisotopic (exact) mass is 414 g/mol. The van der Waals surface area contributed by atoms with E-state index < -0.39 is 12.0 Å². The SMILES string of the molecule is Cc1ccc(Nc2nc(N)nc(COC(=O)[C@@H]3CS[C@]4(C)CCC(=O)N34)n2)cc1. The molecule has 2 atom stereocenters. The Morgan fingerprint density at radius 2 is 2.10 bits per heavy atom. The van der Waals surface area contributed by atoms with Gasteiger partial charge in [0.15, 0.2) is 12.4 Å². The van der Waals surface area contributed by atoms with E-state index in [0.717, 1.165) is 17.7 Å². The van der Waals surface area contributed by atoms with Crippen LogP contribution < -0.4 is 11.1 Å². The number of rotatable bonds is 5. The van der Waals surface area contributed by atoms with Gasteiger partial charge in [-0.1, -0.05) is 17.7 Å². The van der Waals surface area contributed by atoms with E-state index in [1.807, 2.05) is 38.1 Å². The highest BCUT2D eigenvalue weighted by atomic mass is 32.2. The molecule has 2 aliphatic heterocycles. The number of hydrogen-bond donors (Lipinski definition) is 2. The normalized spacial score (nSPS) is 23.2. The second-order valence-electron chi connectivity index (χ2n) is 7.30. The smallest absolute Gasteiger partial charge is 0.330 e. The third-order valence-electron chi connectivity index (χ3n) is 5.07. The predicted octanol–water partition coefficient (Wildman–Crippen LogP) is 2.00. The Hall–Kier alpha value is -2.88. The highest BCUT2D eigenvalue weighted by Crippen LogP contribution is 2.47. The zero-order chi connectivity index (χ0) is 20.6. The molecule has 29 heavy (non-hydrogen) atoms. The van der Waals surface area contributed by atoms with Gasteiger partial charge in [-0.15, -0.1) is 11.8 Å². The van der Waals surface area contributed by atoms with Crippen LogP contribution in [-0.4, -0.2) is 48.4 Å². The molecule has 0 radical (unpaired) electrons. The molecule has 2 aromatic rings. The summed E-state index contributed by atoms with van der Waals surface area (Å²) in [5.41, 5.74) is 7.71. The highest BCUT2D eigenvalue weighted by Gasteiger charge is 2.53. The first kappa shape index (κ1) is 19.4. The molecule has 2 saturated heterocycles. The minimum Gasteiger partial charge on any atom is -0.456 e. The van der Waals surface area contributed by atoms with Gasteiger partial charge in [0.1, 0.15) is 6.04 Å². The zero-order valence-electron chi connectivity index (χ0n) is 16.2. The molecule has 0 saturated carbocycles. The van der Waals surface area contributed by atoms with E-state index in [0.29, 0.717) is 12.2 Å². The maximum absolute atomic E-state index is 12.6. The Kier molecular flexibility index (Phi) is 5.03. The van der Waals surface area contributed by atoms with Crippen molar-refractivity contribution >= 4 is 41.2 Å². The number of carbonyl (C=O) groups excluding carboxylic acids is 2. The van der Waals surface area contributed by atoms with Crippen molar-refractivity contribution in [3.63, 3.8) is 0 Å². The minimum absolute atomic E-state index is 0.00607. The van der Waals surface area contributed by atoms with Gasteiger partial charge in [0.2, 0.25) is 17.8 Å². The third-order valence-corrected chi connectivity index (χ3v) is 6.57. The van der Waals surface area contributed by atoms with Gasteiger partial charge in [0.25, 0.3) is 0 Å². The summed E-state index contributed by atoms with van der Waals surface area (Å²) in [6.07, 6.45) is 1.21. The molecule has 0 spiro atoms. The fourth-order valence-corrected chi connectivity index (χ4v) is 4.97. The van der Waals surface area contributed by atoms with E-state index >= 15 is 0 Å². The lowest BCUT2D eigenvalue weighted by molar-refractivity contribution is -0.154. The number of ether oxygens (including phenoxy) is 1. The van der Waals surface area contributed by atoms with Gasteiger partial charge < -0.3 is 20.7 Å². The van der Waals surface area contributed by atoms with Crippen LogP contribution in [0.15, 0.2) is 24.3 Å². The summed E-state index contributed by atoms with van der Waals surface area (Å²) >= 11 is 1.62. The quantitative estimate of drug-likeness (QED) is 0.707. The molecule has 1 aromatic heterocycles. The number of hydrogen-bond acceptors (Lipinski definition) is 9. The summed E-state index contributed by atoms with van der Waals surface area (Å²) in [7, 11) is 0. The van der Waals surface area contributed by atoms with Crippen LogP contribution in [0.25, 0.3) is 0 Å². The molecule has 3 heterocycles. The van der Waals surface area contributed by atoms with Gasteiger partial charge >= 0.3 is 5.97 Å². The fraction of sp³-hybridized carbons (Fsp3) is 0.421. The van der Waals surface area contributed by atoms with Gasteiger partial charge in [0.05, 0.1) is 4.87 Å². The Morgan fingerprint density at radius 3 is 2.86 bits per heavy atom. The standard InChI is InChI=1S/C19H22N6O3S/c1-11-3-5-12(6-4-11)21-18-23-14(22-17(20)24-18)9-28-16(27)13-10-29-19(2)8-7-15(26)25(13)19/h3-6,13H,7-10H2,1-2H3,(H3,20,21,22,23,24)/t13-,19+/m0/s1. The van der Waals surface area contributed by atoms with Crippen LogP contribution in [0, 0.1) is 6.92 Å². The molecule has 1 aromatic carbocycles. The van der Waals surface area contributed by atoms with E-state index in [4.69, 9.17) is 10.5 Å². The molecule has 0 aliphatic carbocycles. The predicted molar refractivity (Wildman–Crippen MR) is 109 cm³/mol. The number of aromatic nitrogens is 3. The first-order valence-corrected chi connectivity index (χ1v) is 10.3. The second-order valence-corrected chi connectivity index (χ2v) is 8.80. The number of fused-ring (bicyclic) bond motifs is 1. The molecule has 1 amide bonds. The number of carbonyl (C=O) groups is 2. The van der Waals surface area contributed by atoms with E-state index in [9.17, 15) is 9.59 Å². The van der Waals surface area contributed by atoms with Crippen molar-refractivity contribution in [3.05, 3.63) is 35.7 Å². The molecule has 152 valence electrons. The molecule has 4 rings (SSSR count). The van der Waals surface area contributed by atoms with Gasteiger partial charge in [-0.2, -0.15) is 15.0 Å². The third kappa shape index (κ3) is 3.98.